The number of benzene rings is 1. The zero-order chi connectivity index (χ0) is 19.1. The largest absolute Gasteiger partial charge is 0.387 e. The maximum Gasteiger partial charge on any atom is 0.191 e. The maximum absolute atomic E-state index is 10.5. The van der Waals surface area contributed by atoms with E-state index in [4.69, 9.17) is 4.99 Å². The third-order valence-corrected chi connectivity index (χ3v) is 6.78. The number of guanidine groups is 1. The van der Waals surface area contributed by atoms with Gasteiger partial charge >= 0.3 is 0 Å². The molecule has 28 heavy (non-hydrogen) atoms. The van der Waals surface area contributed by atoms with Crippen molar-refractivity contribution in [1.82, 2.24) is 15.5 Å². The zero-order valence-electron chi connectivity index (χ0n) is 17.1. The third-order valence-electron chi connectivity index (χ3n) is 5.54. The summed E-state index contributed by atoms with van der Waals surface area (Å²) in [6.07, 6.45) is 3.06. The number of rotatable bonds is 6. The number of likely N-dealkylation sites (tertiary alicyclic amines) is 1. The van der Waals surface area contributed by atoms with Crippen LogP contribution >= 0.6 is 35.7 Å². The van der Waals surface area contributed by atoms with Crippen molar-refractivity contribution in [1.29, 1.82) is 0 Å². The van der Waals surface area contributed by atoms with Crippen molar-refractivity contribution in [3.63, 3.8) is 0 Å². The van der Waals surface area contributed by atoms with E-state index >= 15 is 0 Å². The molecule has 2 heterocycles. The van der Waals surface area contributed by atoms with Gasteiger partial charge in [-0.25, -0.2) is 0 Å². The zero-order valence-corrected chi connectivity index (χ0v) is 20.2. The second-order valence-corrected chi connectivity index (χ2v) is 9.00. The average molecular weight is 519 g/mol. The second-order valence-electron chi connectivity index (χ2n) is 7.89. The summed E-state index contributed by atoms with van der Waals surface area (Å²) in [5, 5.41) is 17.5. The maximum atomic E-state index is 10.5. The van der Waals surface area contributed by atoms with Crippen molar-refractivity contribution in [2.45, 2.75) is 57.3 Å². The summed E-state index contributed by atoms with van der Waals surface area (Å²) in [5.74, 6) is 2.68. The molecule has 7 heteroatoms. The summed E-state index contributed by atoms with van der Waals surface area (Å²) < 4.78 is 0. The molecule has 0 spiro atoms. The molecule has 0 bridgehead atoms. The van der Waals surface area contributed by atoms with E-state index < -0.39 is 5.60 Å². The normalized spacial score (nSPS) is 28.6. The highest BCUT2D eigenvalue weighted by atomic mass is 127. The molecule has 2 saturated heterocycles. The number of halogens is 1. The molecule has 0 radical (unpaired) electrons. The van der Waals surface area contributed by atoms with Crippen LogP contribution in [0.15, 0.2) is 35.3 Å². The molecule has 3 atom stereocenters. The van der Waals surface area contributed by atoms with Crippen LogP contribution < -0.4 is 10.6 Å². The lowest BCUT2D eigenvalue weighted by Crippen LogP contribution is -2.51. The van der Waals surface area contributed by atoms with Crippen molar-refractivity contribution in [2.24, 2.45) is 4.99 Å². The lowest BCUT2D eigenvalue weighted by molar-refractivity contribution is 0.0777. The number of thioether (sulfide) groups is 1. The fourth-order valence-electron chi connectivity index (χ4n) is 3.87. The van der Waals surface area contributed by atoms with Crippen LogP contribution in [0, 0.1) is 0 Å². The first kappa shape index (κ1) is 23.8. The summed E-state index contributed by atoms with van der Waals surface area (Å²) in [5.41, 5.74) is 0.757. The highest BCUT2D eigenvalue weighted by molar-refractivity contribution is 14.0. The van der Waals surface area contributed by atoms with Crippen molar-refractivity contribution >= 4 is 41.7 Å². The van der Waals surface area contributed by atoms with Gasteiger partial charge in [-0.15, -0.1) is 24.0 Å². The summed E-state index contributed by atoms with van der Waals surface area (Å²) in [7, 11) is 0. The lowest BCUT2D eigenvalue weighted by atomic mass is 9.97. The first-order valence-electron chi connectivity index (χ1n) is 10.2. The summed E-state index contributed by atoms with van der Waals surface area (Å²) in [6, 6.07) is 11.7. The van der Waals surface area contributed by atoms with Gasteiger partial charge in [0.25, 0.3) is 0 Å². The molecular formula is C21H35IN4OS. The van der Waals surface area contributed by atoms with Crippen LogP contribution in [-0.4, -0.2) is 64.8 Å². The Morgan fingerprint density at radius 1 is 1.36 bits per heavy atom. The Morgan fingerprint density at radius 3 is 2.79 bits per heavy atom. The van der Waals surface area contributed by atoms with Crippen LogP contribution in [0.3, 0.4) is 0 Å². The molecule has 0 aromatic heterocycles. The van der Waals surface area contributed by atoms with E-state index in [0.29, 0.717) is 18.6 Å². The monoisotopic (exact) mass is 518 g/mol. The minimum atomic E-state index is -0.626. The molecule has 1 aromatic rings. The van der Waals surface area contributed by atoms with Crippen molar-refractivity contribution in [3.05, 3.63) is 35.9 Å². The smallest absolute Gasteiger partial charge is 0.191 e. The summed E-state index contributed by atoms with van der Waals surface area (Å²) >= 11 is 1.82. The fourth-order valence-corrected chi connectivity index (χ4v) is 5.15. The van der Waals surface area contributed by atoms with Crippen LogP contribution in [0.2, 0.25) is 0 Å². The average Bonchev–Trinajstić information content (AvgIpc) is 3.10. The number of aliphatic hydroxyl groups is 1. The number of aliphatic imine (C=N–C) groups is 1. The van der Waals surface area contributed by atoms with E-state index in [-0.39, 0.29) is 24.0 Å². The Hall–Kier alpha value is -0.510. The number of nitrogens with zero attached hydrogens (tertiary/aromatic N) is 2. The number of nitrogens with one attached hydrogen (secondary N) is 2. The number of hydrogen-bond acceptors (Lipinski definition) is 4. The molecule has 1 aromatic carbocycles. The number of piperidine rings is 1. The Bertz CT molecular complexity index is 610. The van der Waals surface area contributed by atoms with Gasteiger partial charge in [0.1, 0.15) is 0 Å². The highest BCUT2D eigenvalue weighted by Crippen LogP contribution is 2.28. The molecule has 3 rings (SSSR count). The van der Waals surface area contributed by atoms with Gasteiger partial charge in [0.2, 0.25) is 0 Å². The van der Waals surface area contributed by atoms with E-state index in [1.165, 1.54) is 5.56 Å². The van der Waals surface area contributed by atoms with Crippen molar-refractivity contribution in [2.75, 3.05) is 31.1 Å². The highest BCUT2D eigenvalue weighted by Gasteiger charge is 2.32. The van der Waals surface area contributed by atoms with Crippen LogP contribution in [0.25, 0.3) is 0 Å². The molecule has 0 saturated carbocycles. The van der Waals surface area contributed by atoms with Crippen LogP contribution in [0.1, 0.15) is 38.7 Å². The molecule has 2 aliphatic rings. The Kier molecular flexibility index (Phi) is 9.86. The minimum Gasteiger partial charge on any atom is -0.387 e. The molecule has 2 aliphatic heterocycles. The molecule has 0 amide bonds. The van der Waals surface area contributed by atoms with E-state index in [9.17, 15) is 5.11 Å². The van der Waals surface area contributed by atoms with E-state index in [0.717, 1.165) is 56.4 Å². The van der Waals surface area contributed by atoms with Crippen LogP contribution in [-0.2, 0) is 6.54 Å². The molecule has 5 nitrogen and oxygen atoms in total. The van der Waals surface area contributed by atoms with E-state index in [1.54, 1.807) is 0 Å². The van der Waals surface area contributed by atoms with Gasteiger partial charge in [-0.3, -0.25) is 9.89 Å². The molecule has 3 N–H and O–H groups in total. The molecule has 0 aliphatic carbocycles. The van der Waals surface area contributed by atoms with Gasteiger partial charge in [0.05, 0.1) is 12.1 Å². The van der Waals surface area contributed by atoms with Gasteiger partial charge in [0, 0.05) is 37.5 Å². The summed E-state index contributed by atoms with van der Waals surface area (Å²) in [4.78, 5) is 7.26. The lowest BCUT2D eigenvalue weighted by Gasteiger charge is -2.38. The Labute approximate surface area is 191 Å². The predicted octanol–water partition coefficient (Wildman–Crippen LogP) is 3.08. The van der Waals surface area contributed by atoms with Crippen molar-refractivity contribution in [3.8, 4) is 0 Å². The van der Waals surface area contributed by atoms with Crippen molar-refractivity contribution < 1.29 is 5.11 Å². The first-order valence-corrected chi connectivity index (χ1v) is 11.4. The predicted molar refractivity (Wildman–Crippen MR) is 131 cm³/mol. The van der Waals surface area contributed by atoms with E-state index in [2.05, 4.69) is 59.7 Å². The van der Waals surface area contributed by atoms with Crippen LogP contribution in [0.5, 0.6) is 0 Å². The topological polar surface area (TPSA) is 59.9 Å². The van der Waals surface area contributed by atoms with Gasteiger partial charge in [-0.1, -0.05) is 30.3 Å². The summed E-state index contributed by atoms with van der Waals surface area (Å²) in [6.45, 7) is 7.84. The molecule has 3 unspecified atom stereocenters. The van der Waals surface area contributed by atoms with Gasteiger partial charge in [0.15, 0.2) is 5.96 Å². The SMILES string of the molecule is CCNC(=NCC1(O)CCSC1)NC1CCN(Cc2ccccc2)C(C)C1.I. The molecule has 158 valence electrons. The van der Waals surface area contributed by atoms with Gasteiger partial charge in [-0.2, -0.15) is 11.8 Å². The molecular weight excluding hydrogens is 483 g/mol. The second kappa shape index (κ2) is 11.6. The molecule has 2 fully saturated rings. The van der Waals surface area contributed by atoms with Gasteiger partial charge in [-0.05, 0) is 44.4 Å². The Balaban J connectivity index is 0.00000280. The third kappa shape index (κ3) is 7.07. The van der Waals surface area contributed by atoms with Crippen LogP contribution in [0.4, 0.5) is 0 Å². The first-order chi connectivity index (χ1) is 13.1. The quantitative estimate of drug-likeness (QED) is 0.307. The fraction of sp³-hybridized carbons (Fsp3) is 0.667. The minimum absolute atomic E-state index is 0. The number of hydrogen-bond donors (Lipinski definition) is 3. The van der Waals surface area contributed by atoms with Gasteiger partial charge < -0.3 is 15.7 Å². The van der Waals surface area contributed by atoms with E-state index in [1.807, 2.05) is 11.8 Å². The standard InChI is InChI=1S/C21H34N4OS.HI/c1-3-22-20(23-15-21(26)10-12-27-16-21)24-19-9-11-25(17(2)13-19)14-18-7-5-4-6-8-18;/h4-8,17,19,26H,3,9-16H2,1-2H3,(H2,22,23,24);1H. The Morgan fingerprint density at radius 2 is 2.14 bits per heavy atom.